The molecule has 0 radical (unpaired) electrons. The number of hydrogen-bond donors (Lipinski definition) is 1. The fourth-order valence-electron chi connectivity index (χ4n) is 3.20. The van der Waals surface area contributed by atoms with Gasteiger partial charge in [0.2, 0.25) is 0 Å². The Balaban J connectivity index is 0.000000198. The summed E-state index contributed by atoms with van der Waals surface area (Å²) in [6, 6.07) is 12.3. The van der Waals surface area contributed by atoms with Gasteiger partial charge in [-0.15, -0.1) is 0 Å². The van der Waals surface area contributed by atoms with E-state index in [0.29, 0.717) is 17.6 Å². The van der Waals surface area contributed by atoms with Gasteiger partial charge in [-0.3, -0.25) is 0 Å². The number of hydrogen-bond acceptors (Lipinski definition) is 3. The summed E-state index contributed by atoms with van der Waals surface area (Å²) in [6.07, 6.45) is 13.2. The van der Waals surface area contributed by atoms with E-state index in [4.69, 9.17) is 5.11 Å². The van der Waals surface area contributed by atoms with Gasteiger partial charge in [-0.25, -0.2) is 14.8 Å². The molecule has 1 aromatic rings. The largest absolute Gasteiger partial charge is 0.478 e. The van der Waals surface area contributed by atoms with Crippen LogP contribution in [0.4, 0.5) is 0 Å². The molecule has 4 nitrogen and oxygen atoms in total. The summed E-state index contributed by atoms with van der Waals surface area (Å²) in [5, 5.41) is 8.38. The van der Waals surface area contributed by atoms with E-state index < -0.39 is 5.97 Å². The molecule has 2 fully saturated rings. The van der Waals surface area contributed by atoms with Crippen molar-refractivity contribution >= 4 is 12.0 Å². The van der Waals surface area contributed by atoms with E-state index in [1.807, 2.05) is 0 Å². The molecule has 0 amide bonds. The molecule has 130 valence electrons. The van der Waals surface area contributed by atoms with Crippen molar-refractivity contribution in [2.75, 3.05) is 0 Å². The number of aliphatic imine (C=N–C) groups is 2. The van der Waals surface area contributed by atoms with E-state index in [2.05, 4.69) is 16.0 Å². The van der Waals surface area contributed by atoms with Crippen LogP contribution in [0.2, 0.25) is 0 Å². The Morgan fingerprint density at radius 1 is 0.833 bits per heavy atom. The molecule has 0 aliphatic heterocycles. The summed E-state index contributed by atoms with van der Waals surface area (Å²) < 4.78 is 0. The maximum absolute atomic E-state index is 10.2. The third-order valence-corrected chi connectivity index (χ3v) is 4.65. The van der Waals surface area contributed by atoms with Gasteiger partial charge in [0.05, 0.1) is 23.7 Å². The highest BCUT2D eigenvalue weighted by molar-refractivity contribution is 5.87. The lowest BCUT2D eigenvalue weighted by molar-refractivity contribution is 0.0697. The predicted octanol–water partition coefficient (Wildman–Crippen LogP) is 5.21. The molecule has 1 aromatic carbocycles. The van der Waals surface area contributed by atoms with Gasteiger partial charge in [0, 0.05) is 0 Å². The molecule has 0 aromatic heterocycles. The zero-order valence-electron chi connectivity index (χ0n) is 14.4. The molecule has 0 saturated heterocycles. The van der Waals surface area contributed by atoms with E-state index in [0.717, 1.165) is 0 Å². The SMILES string of the molecule is C(=NC1CCCCC1)=NC1CCCCC1.O=C(O)c1ccccc1. The van der Waals surface area contributed by atoms with Gasteiger partial charge in [0.1, 0.15) is 0 Å². The van der Waals surface area contributed by atoms with Crippen LogP contribution < -0.4 is 0 Å². The zero-order valence-corrected chi connectivity index (χ0v) is 14.4. The molecule has 2 aliphatic rings. The minimum Gasteiger partial charge on any atom is -0.478 e. The maximum atomic E-state index is 10.2. The minimum atomic E-state index is -0.879. The molecule has 2 saturated carbocycles. The van der Waals surface area contributed by atoms with Crippen LogP contribution in [-0.2, 0) is 0 Å². The molecule has 3 rings (SSSR count). The monoisotopic (exact) mass is 328 g/mol. The van der Waals surface area contributed by atoms with Crippen molar-refractivity contribution in [3.63, 3.8) is 0 Å². The van der Waals surface area contributed by atoms with Gasteiger partial charge in [0.25, 0.3) is 0 Å². The van der Waals surface area contributed by atoms with Crippen LogP contribution in [0.5, 0.6) is 0 Å². The topological polar surface area (TPSA) is 62.0 Å². The highest BCUT2D eigenvalue weighted by Crippen LogP contribution is 2.21. The predicted molar refractivity (Wildman–Crippen MR) is 97.0 cm³/mol. The number of carboxylic acid groups (broad SMARTS) is 1. The van der Waals surface area contributed by atoms with E-state index in [1.54, 1.807) is 30.3 Å². The van der Waals surface area contributed by atoms with Crippen molar-refractivity contribution < 1.29 is 9.90 Å². The number of benzene rings is 1. The number of carboxylic acids is 1. The van der Waals surface area contributed by atoms with Crippen molar-refractivity contribution in [2.24, 2.45) is 9.98 Å². The van der Waals surface area contributed by atoms with Gasteiger partial charge in [-0.1, -0.05) is 56.7 Å². The van der Waals surface area contributed by atoms with Crippen molar-refractivity contribution in [2.45, 2.75) is 76.3 Å². The number of aromatic carboxylic acids is 1. The van der Waals surface area contributed by atoms with Crippen LogP contribution in [0.15, 0.2) is 40.3 Å². The normalized spacial score (nSPS) is 18.7. The van der Waals surface area contributed by atoms with E-state index >= 15 is 0 Å². The smallest absolute Gasteiger partial charge is 0.335 e. The first-order valence-electron chi connectivity index (χ1n) is 9.19. The molecule has 24 heavy (non-hydrogen) atoms. The van der Waals surface area contributed by atoms with Crippen molar-refractivity contribution in [3.05, 3.63) is 35.9 Å². The van der Waals surface area contributed by atoms with Crippen LogP contribution in [0.1, 0.15) is 74.6 Å². The Morgan fingerprint density at radius 3 is 1.67 bits per heavy atom. The first-order chi connectivity index (χ1) is 11.8. The Labute approximate surface area is 144 Å². The Hall–Kier alpha value is -1.93. The molecular formula is C20H28N2O2. The lowest BCUT2D eigenvalue weighted by Crippen LogP contribution is -2.10. The second-order valence-corrected chi connectivity index (χ2v) is 6.61. The van der Waals surface area contributed by atoms with Crippen LogP contribution >= 0.6 is 0 Å². The molecule has 0 atom stereocenters. The lowest BCUT2D eigenvalue weighted by atomic mass is 9.96. The number of nitrogens with zero attached hydrogens (tertiary/aromatic N) is 2. The Bertz CT molecular complexity index is 516. The molecule has 2 aliphatic carbocycles. The average Bonchev–Trinajstić information content (AvgIpc) is 2.65. The molecule has 1 N–H and O–H groups in total. The zero-order chi connectivity index (χ0) is 17.0. The first-order valence-corrected chi connectivity index (χ1v) is 9.19. The fraction of sp³-hybridized carbons (Fsp3) is 0.600. The summed E-state index contributed by atoms with van der Waals surface area (Å²) in [5.41, 5.74) is 0.331. The second kappa shape index (κ2) is 10.8. The van der Waals surface area contributed by atoms with Crippen molar-refractivity contribution in [3.8, 4) is 0 Å². The Morgan fingerprint density at radius 2 is 1.29 bits per heavy atom. The standard InChI is InChI=1S/C13H22N2.C7H6O2/c1-3-7-12(8-4-1)14-11-15-13-9-5-2-6-10-13;8-7(9)6-4-2-1-3-5-6/h12-13H,1-10H2;1-5H,(H,8,9). The lowest BCUT2D eigenvalue weighted by Gasteiger charge is -2.17. The summed E-state index contributed by atoms with van der Waals surface area (Å²) in [4.78, 5) is 19.1. The number of rotatable bonds is 3. The third-order valence-electron chi connectivity index (χ3n) is 4.65. The number of carbonyl (C=O) groups is 1. The van der Waals surface area contributed by atoms with E-state index in [-0.39, 0.29) is 0 Å². The Kier molecular flexibility index (Phi) is 8.26. The van der Waals surface area contributed by atoms with Gasteiger partial charge in [-0.05, 0) is 37.8 Å². The summed E-state index contributed by atoms with van der Waals surface area (Å²) in [5.74, 6) is -0.879. The molecule has 0 bridgehead atoms. The van der Waals surface area contributed by atoms with E-state index in [9.17, 15) is 4.79 Å². The van der Waals surface area contributed by atoms with Crippen molar-refractivity contribution in [1.82, 2.24) is 0 Å². The third kappa shape index (κ3) is 7.10. The molecule has 0 spiro atoms. The second-order valence-electron chi connectivity index (χ2n) is 6.61. The highest BCUT2D eigenvalue weighted by atomic mass is 16.4. The van der Waals surface area contributed by atoms with Crippen molar-refractivity contribution in [1.29, 1.82) is 0 Å². The van der Waals surface area contributed by atoms with Crippen LogP contribution in [-0.4, -0.2) is 29.2 Å². The van der Waals surface area contributed by atoms with Gasteiger partial charge >= 0.3 is 5.97 Å². The molecule has 0 unspecified atom stereocenters. The average molecular weight is 328 g/mol. The minimum absolute atomic E-state index is 0.331. The van der Waals surface area contributed by atoms with Crippen LogP contribution in [0.3, 0.4) is 0 Å². The van der Waals surface area contributed by atoms with Crippen LogP contribution in [0, 0.1) is 0 Å². The first kappa shape index (κ1) is 18.4. The summed E-state index contributed by atoms with van der Waals surface area (Å²) in [7, 11) is 0. The van der Waals surface area contributed by atoms with E-state index in [1.165, 1.54) is 64.2 Å². The van der Waals surface area contributed by atoms with Crippen LogP contribution in [0.25, 0.3) is 0 Å². The molecular weight excluding hydrogens is 300 g/mol. The van der Waals surface area contributed by atoms with Gasteiger partial charge in [0.15, 0.2) is 0 Å². The van der Waals surface area contributed by atoms with Gasteiger partial charge in [-0.2, -0.15) is 0 Å². The summed E-state index contributed by atoms with van der Waals surface area (Å²) in [6.45, 7) is 0. The molecule has 4 heteroatoms. The highest BCUT2D eigenvalue weighted by Gasteiger charge is 2.12. The maximum Gasteiger partial charge on any atom is 0.335 e. The quantitative estimate of drug-likeness (QED) is 0.774. The van der Waals surface area contributed by atoms with Gasteiger partial charge < -0.3 is 5.11 Å². The summed E-state index contributed by atoms with van der Waals surface area (Å²) >= 11 is 0. The fourth-order valence-corrected chi connectivity index (χ4v) is 3.20. The molecule has 0 heterocycles.